The van der Waals surface area contributed by atoms with Gasteiger partial charge in [-0.05, 0) is 43.2 Å². The van der Waals surface area contributed by atoms with E-state index in [1.807, 2.05) is 67.6 Å². The molecule has 3 heterocycles. The Labute approximate surface area is 261 Å². The largest absolute Gasteiger partial charge is 0.396 e. The SMILES string of the molecule is C=CCN(Cc1ccccc1)C(=O)C1N(CCCCO)C(=O)[C@@H]2[C@@H](C(=O)N(CC=C)Cc3ccccc3)[C@@]3(CC)CCC12O3. The Morgan fingerprint density at radius 1 is 0.932 bits per heavy atom. The summed E-state index contributed by atoms with van der Waals surface area (Å²) < 4.78 is 6.99. The van der Waals surface area contributed by atoms with Crippen molar-refractivity contribution in [1.29, 1.82) is 0 Å². The third kappa shape index (κ3) is 5.61. The van der Waals surface area contributed by atoms with Gasteiger partial charge in [-0.15, -0.1) is 13.2 Å². The fourth-order valence-electron chi connectivity index (χ4n) is 7.76. The van der Waals surface area contributed by atoms with E-state index in [2.05, 4.69) is 13.2 Å². The number of likely N-dealkylation sites (tertiary alicyclic amines) is 1. The Balaban J connectivity index is 1.54. The Hall–Kier alpha value is -3.75. The smallest absolute Gasteiger partial charge is 0.248 e. The highest BCUT2D eigenvalue weighted by molar-refractivity contribution is 5.99. The number of nitrogens with zero attached hydrogens (tertiary/aromatic N) is 3. The summed E-state index contributed by atoms with van der Waals surface area (Å²) in [5, 5.41) is 9.51. The summed E-state index contributed by atoms with van der Waals surface area (Å²) in [6.07, 6.45) is 6.16. The minimum absolute atomic E-state index is 0.00162. The maximum atomic E-state index is 14.6. The van der Waals surface area contributed by atoms with Gasteiger partial charge in [0, 0.05) is 39.3 Å². The van der Waals surface area contributed by atoms with E-state index in [-0.39, 0.29) is 24.3 Å². The number of amides is 3. The van der Waals surface area contributed by atoms with Crippen LogP contribution in [0.5, 0.6) is 0 Å². The molecule has 3 aliphatic heterocycles. The highest BCUT2D eigenvalue weighted by atomic mass is 16.5. The van der Waals surface area contributed by atoms with Crippen LogP contribution in [0.15, 0.2) is 86.0 Å². The van der Waals surface area contributed by atoms with Crippen LogP contribution in [-0.2, 0) is 32.2 Å². The Morgan fingerprint density at radius 3 is 2.02 bits per heavy atom. The molecule has 2 bridgehead atoms. The number of unbranched alkanes of at least 4 members (excludes halogenated alkanes) is 1. The number of hydrogen-bond acceptors (Lipinski definition) is 5. The van der Waals surface area contributed by atoms with Crippen LogP contribution in [0.4, 0.5) is 0 Å². The summed E-state index contributed by atoms with van der Waals surface area (Å²) in [5.41, 5.74) is 0.0336. The van der Waals surface area contributed by atoms with Gasteiger partial charge < -0.3 is 24.5 Å². The van der Waals surface area contributed by atoms with E-state index in [0.29, 0.717) is 64.8 Å². The maximum Gasteiger partial charge on any atom is 0.248 e. The molecule has 2 unspecified atom stereocenters. The van der Waals surface area contributed by atoms with Gasteiger partial charge in [0.2, 0.25) is 17.7 Å². The molecule has 0 aliphatic carbocycles. The van der Waals surface area contributed by atoms with Crippen molar-refractivity contribution < 1.29 is 24.2 Å². The summed E-state index contributed by atoms with van der Waals surface area (Å²) in [6.45, 7) is 11.5. The summed E-state index contributed by atoms with van der Waals surface area (Å²) in [4.78, 5) is 48.9. The number of benzene rings is 2. The highest BCUT2D eigenvalue weighted by Gasteiger charge is 2.79. The lowest BCUT2D eigenvalue weighted by Crippen LogP contribution is -2.56. The van der Waals surface area contributed by atoms with Gasteiger partial charge >= 0.3 is 0 Å². The number of rotatable bonds is 15. The van der Waals surface area contributed by atoms with E-state index in [0.717, 1.165) is 11.1 Å². The second kappa shape index (κ2) is 13.5. The van der Waals surface area contributed by atoms with Crippen molar-refractivity contribution in [1.82, 2.24) is 14.7 Å². The molecular formula is C36H45N3O5. The maximum absolute atomic E-state index is 14.6. The zero-order valence-corrected chi connectivity index (χ0v) is 25.8. The number of ether oxygens (including phenoxy) is 1. The molecule has 8 heteroatoms. The van der Waals surface area contributed by atoms with E-state index in [9.17, 15) is 19.5 Å². The minimum atomic E-state index is -1.10. The Bertz CT molecular complexity index is 1350. The topological polar surface area (TPSA) is 90.4 Å². The quantitative estimate of drug-likeness (QED) is 0.243. The first-order chi connectivity index (χ1) is 21.4. The number of aliphatic hydroxyl groups is 1. The van der Waals surface area contributed by atoms with Crippen molar-refractivity contribution in [2.45, 2.75) is 69.4 Å². The summed E-state index contributed by atoms with van der Waals surface area (Å²) in [7, 11) is 0. The molecule has 5 atom stereocenters. The highest BCUT2D eigenvalue weighted by Crippen LogP contribution is 2.64. The van der Waals surface area contributed by atoms with Crippen molar-refractivity contribution in [3.8, 4) is 0 Å². The predicted molar refractivity (Wildman–Crippen MR) is 169 cm³/mol. The molecule has 3 saturated heterocycles. The van der Waals surface area contributed by atoms with Crippen molar-refractivity contribution in [2.24, 2.45) is 11.8 Å². The van der Waals surface area contributed by atoms with E-state index < -0.39 is 29.1 Å². The van der Waals surface area contributed by atoms with Crippen molar-refractivity contribution in [2.75, 3.05) is 26.2 Å². The first kappa shape index (κ1) is 31.7. The fourth-order valence-corrected chi connectivity index (χ4v) is 7.76. The van der Waals surface area contributed by atoms with Crippen LogP contribution in [-0.4, -0.2) is 81.0 Å². The Morgan fingerprint density at radius 2 is 1.50 bits per heavy atom. The van der Waals surface area contributed by atoms with Gasteiger partial charge in [-0.3, -0.25) is 14.4 Å². The van der Waals surface area contributed by atoms with E-state index in [1.165, 1.54) is 0 Å². The molecule has 2 aromatic rings. The van der Waals surface area contributed by atoms with Crippen molar-refractivity contribution >= 4 is 17.7 Å². The lowest BCUT2D eigenvalue weighted by molar-refractivity contribution is -0.155. The van der Waals surface area contributed by atoms with Crippen molar-refractivity contribution in [3.63, 3.8) is 0 Å². The Kier molecular flexibility index (Phi) is 9.71. The van der Waals surface area contributed by atoms with Gasteiger partial charge in [0.05, 0.1) is 17.4 Å². The molecule has 0 aromatic heterocycles. The van der Waals surface area contributed by atoms with Crippen LogP contribution in [0.2, 0.25) is 0 Å². The zero-order valence-electron chi connectivity index (χ0n) is 25.8. The first-order valence-corrected chi connectivity index (χ1v) is 15.8. The van der Waals surface area contributed by atoms with Gasteiger partial charge in [-0.1, -0.05) is 79.7 Å². The monoisotopic (exact) mass is 599 g/mol. The van der Waals surface area contributed by atoms with Crippen molar-refractivity contribution in [3.05, 3.63) is 97.1 Å². The second-order valence-electron chi connectivity index (χ2n) is 12.3. The summed E-state index contributed by atoms with van der Waals surface area (Å²) >= 11 is 0. The average molecular weight is 600 g/mol. The van der Waals surface area contributed by atoms with Gasteiger partial charge in [-0.25, -0.2) is 0 Å². The second-order valence-corrected chi connectivity index (χ2v) is 12.3. The number of fused-ring (bicyclic) bond motifs is 1. The van der Waals surface area contributed by atoms with E-state index in [1.54, 1.807) is 26.9 Å². The fraction of sp³-hybridized carbons (Fsp3) is 0.472. The molecule has 1 N–H and O–H groups in total. The third-order valence-corrected chi connectivity index (χ3v) is 9.74. The normalized spacial score (nSPS) is 26.8. The number of carbonyl (C=O) groups is 3. The van der Waals surface area contributed by atoms with Crippen LogP contribution < -0.4 is 0 Å². The number of aliphatic hydroxyl groups excluding tert-OH is 1. The molecule has 3 amide bonds. The molecule has 0 saturated carbocycles. The lowest BCUT2D eigenvalue weighted by atomic mass is 9.64. The predicted octanol–water partition coefficient (Wildman–Crippen LogP) is 4.34. The molecular weight excluding hydrogens is 554 g/mol. The average Bonchev–Trinajstić information content (AvgIpc) is 3.65. The summed E-state index contributed by atoms with van der Waals surface area (Å²) in [6, 6.07) is 18.7. The molecule has 2 aromatic carbocycles. The van der Waals surface area contributed by atoms with Gasteiger partial charge in [0.15, 0.2) is 0 Å². The van der Waals surface area contributed by atoms with E-state index in [4.69, 9.17) is 4.74 Å². The molecule has 5 rings (SSSR count). The molecule has 3 fully saturated rings. The molecule has 44 heavy (non-hydrogen) atoms. The third-order valence-electron chi connectivity index (χ3n) is 9.74. The van der Waals surface area contributed by atoms with Gasteiger partial charge in [0.25, 0.3) is 0 Å². The van der Waals surface area contributed by atoms with Crippen LogP contribution in [0, 0.1) is 11.8 Å². The standard InChI is InChI=1S/C36H45N3O5/c1-4-21-37(25-27-15-9-7-10-16-27)32(41)29-30-33(42)39(23-13-14-24-40)31(36(30)20-19-35(29,6-3)44-36)34(43)38(22-5-2)26-28-17-11-8-12-18-28/h4-5,7-12,15-18,29-31,40H,1-2,6,13-14,19-26H2,3H3/t29-,30-,31?,35+,36?/m0/s1. The zero-order chi connectivity index (χ0) is 31.3. The molecule has 8 nitrogen and oxygen atoms in total. The molecule has 0 radical (unpaired) electrons. The van der Waals surface area contributed by atoms with Crippen LogP contribution >= 0.6 is 0 Å². The first-order valence-electron chi connectivity index (χ1n) is 15.8. The van der Waals surface area contributed by atoms with Gasteiger partial charge in [0.1, 0.15) is 11.6 Å². The molecule has 234 valence electrons. The minimum Gasteiger partial charge on any atom is -0.396 e. The van der Waals surface area contributed by atoms with Gasteiger partial charge in [-0.2, -0.15) is 0 Å². The van der Waals surface area contributed by atoms with E-state index >= 15 is 0 Å². The molecule has 1 spiro atoms. The lowest BCUT2D eigenvalue weighted by Gasteiger charge is -2.37. The summed E-state index contributed by atoms with van der Waals surface area (Å²) in [5.74, 6) is -2.01. The number of hydrogen-bond donors (Lipinski definition) is 1. The molecule has 3 aliphatic rings. The van der Waals surface area contributed by atoms with Crippen LogP contribution in [0.1, 0.15) is 50.2 Å². The van der Waals surface area contributed by atoms with Crippen LogP contribution in [0.3, 0.4) is 0 Å². The number of carbonyl (C=O) groups excluding carboxylic acids is 3. The van der Waals surface area contributed by atoms with Crippen LogP contribution in [0.25, 0.3) is 0 Å².